The Morgan fingerprint density at radius 2 is 1.74 bits per heavy atom. The van der Waals surface area contributed by atoms with E-state index < -0.39 is 8.56 Å². The van der Waals surface area contributed by atoms with Crippen molar-refractivity contribution >= 4 is 20.6 Å². The monoisotopic (exact) mass is 336 g/mol. The van der Waals surface area contributed by atoms with Crippen LogP contribution in [0.2, 0.25) is 12.1 Å². The zero-order valence-electron chi connectivity index (χ0n) is 14.4. The Morgan fingerprint density at radius 3 is 2.35 bits per heavy atom. The molecule has 0 heterocycles. The highest BCUT2D eigenvalue weighted by molar-refractivity contribution is 6.67. The standard InChI is InChI=1S/C18H28O4Si/c1-4-5-15-23(20-2,21-3)16-9-14-22-18(19)13-12-17-10-7-6-8-11-17/h6-8,10-13H,4-5,9,14-16H2,1-3H3. The van der Waals surface area contributed by atoms with Gasteiger partial charge in [0.2, 0.25) is 0 Å². The van der Waals surface area contributed by atoms with Crippen molar-refractivity contribution in [3.05, 3.63) is 42.0 Å². The third-order valence-corrected chi connectivity index (χ3v) is 7.53. The lowest BCUT2D eigenvalue weighted by Crippen LogP contribution is -2.40. The van der Waals surface area contributed by atoms with Gasteiger partial charge in [0.05, 0.1) is 6.61 Å². The largest absolute Gasteiger partial charge is 0.463 e. The van der Waals surface area contributed by atoms with E-state index in [1.54, 1.807) is 20.3 Å². The fourth-order valence-electron chi connectivity index (χ4n) is 2.35. The smallest absolute Gasteiger partial charge is 0.337 e. The Kier molecular flexibility index (Phi) is 9.51. The van der Waals surface area contributed by atoms with Gasteiger partial charge in [0.15, 0.2) is 0 Å². The Labute approximate surface area is 140 Å². The molecule has 0 aliphatic carbocycles. The van der Waals surface area contributed by atoms with Crippen molar-refractivity contribution in [3.63, 3.8) is 0 Å². The molecule has 0 saturated carbocycles. The Balaban J connectivity index is 2.32. The number of carbonyl (C=O) groups is 1. The van der Waals surface area contributed by atoms with Crippen molar-refractivity contribution in [2.45, 2.75) is 38.3 Å². The molecule has 0 aliphatic rings. The van der Waals surface area contributed by atoms with Crippen LogP contribution >= 0.6 is 0 Å². The Bertz CT molecular complexity index is 469. The molecule has 0 aliphatic heterocycles. The number of carbonyl (C=O) groups excluding carboxylic acids is 1. The van der Waals surface area contributed by atoms with E-state index in [9.17, 15) is 4.79 Å². The lowest BCUT2D eigenvalue weighted by Gasteiger charge is -2.27. The number of benzene rings is 1. The van der Waals surface area contributed by atoms with Gasteiger partial charge in [-0.2, -0.15) is 0 Å². The highest BCUT2D eigenvalue weighted by Gasteiger charge is 2.34. The molecular weight excluding hydrogens is 308 g/mol. The van der Waals surface area contributed by atoms with Crippen LogP contribution in [0.15, 0.2) is 36.4 Å². The first-order chi connectivity index (χ1) is 11.2. The maximum absolute atomic E-state index is 11.7. The van der Waals surface area contributed by atoms with Gasteiger partial charge in [-0.25, -0.2) is 4.79 Å². The minimum Gasteiger partial charge on any atom is -0.463 e. The minimum atomic E-state index is -2.12. The van der Waals surface area contributed by atoms with Crippen LogP contribution in [0, 0.1) is 0 Å². The van der Waals surface area contributed by atoms with E-state index in [-0.39, 0.29) is 5.97 Å². The molecular formula is C18H28O4Si. The molecule has 1 aromatic rings. The Morgan fingerprint density at radius 1 is 1.09 bits per heavy atom. The van der Waals surface area contributed by atoms with Crippen molar-refractivity contribution in [2.75, 3.05) is 20.8 Å². The van der Waals surface area contributed by atoms with Crippen molar-refractivity contribution in [3.8, 4) is 0 Å². The second-order valence-corrected chi connectivity index (χ2v) is 9.08. The zero-order chi connectivity index (χ0) is 17.0. The van der Waals surface area contributed by atoms with Gasteiger partial charge >= 0.3 is 14.5 Å². The van der Waals surface area contributed by atoms with Gasteiger partial charge in [0.25, 0.3) is 0 Å². The van der Waals surface area contributed by atoms with Gasteiger partial charge in [-0.1, -0.05) is 50.1 Å². The van der Waals surface area contributed by atoms with Gasteiger partial charge in [0.1, 0.15) is 0 Å². The molecule has 23 heavy (non-hydrogen) atoms. The second kappa shape index (κ2) is 11.2. The lowest BCUT2D eigenvalue weighted by atomic mass is 10.2. The predicted octanol–water partition coefficient (Wildman–Crippen LogP) is 4.17. The number of rotatable bonds is 11. The molecule has 0 N–H and O–H groups in total. The first kappa shape index (κ1) is 19.6. The van der Waals surface area contributed by atoms with Gasteiger partial charge in [-0.3, -0.25) is 0 Å². The van der Waals surface area contributed by atoms with Crippen LogP contribution in [0.25, 0.3) is 6.08 Å². The molecule has 1 aromatic carbocycles. The van der Waals surface area contributed by atoms with Crippen molar-refractivity contribution in [1.29, 1.82) is 0 Å². The zero-order valence-corrected chi connectivity index (χ0v) is 15.4. The summed E-state index contributed by atoms with van der Waals surface area (Å²) >= 11 is 0. The summed E-state index contributed by atoms with van der Waals surface area (Å²) in [6.07, 6.45) is 6.22. The van der Waals surface area contributed by atoms with Crippen LogP contribution in [0.3, 0.4) is 0 Å². The average Bonchev–Trinajstić information content (AvgIpc) is 2.61. The average molecular weight is 337 g/mol. The third-order valence-electron chi connectivity index (χ3n) is 3.81. The van der Waals surface area contributed by atoms with Crippen LogP contribution in [-0.2, 0) is 18.4 Å². The molecule has 0 radical (unpaired) electrons. The predicted molar refractivity (Wildman–Crippen MR) is 95.3 cm³/mol. The molecule has 128 valence electrons. The van der Waals surface area contributed by atoms with E-state index in [1.807, 2.05) is 30.3 Å². The van der Waals surface area contributed by atoms with Crippen LogP contribution in [-0.4, -0.2) is 35.4 Å². The van der Waals surface area contributed by atoms with Crippen molar-refractivity contribution in [1.82, 2.24) is 0 Å². The molecule has 5 heteroatoms. The molecule has 0 spiro atoms. The number of hydrogen-bond donors (Lipinski definition) is 0. The number of ether oxygens (including phenoxy) is 1. The third kappa shape index (κ3) is 7.59. The van der Waals surface area contributed by atoms with Crippen molar-refractivity contribution in [2.24, 2.45) is 0 Å². The first-order valence-corrected chi connectivity index (χ1v) is 10.4. The molecule has 0 fully saturated rings. The first-order valence-electron chi connectivity index (χ1n) is 8.16. The fourth-order valence-corrected chi connectivity index (χ4v) is 5.16. The number of unbranched alkanes of at least 4 members (excludes halogenated alkanes) is 1. The molecule has 0 aromatic heterocycles. The SMILES string of the molecule is CCCC[Si](CCCOC(=O)C=Cc1ccccc1)(OC)OC. The van der Waals surface area contributed by atoms with Crippen LogP contribution in [0.1, 0.15) is 31.7 Å². The summed E-state index contributed by atoms with van der Waals surface area (Å²) in [5.74, 6) is -0.315. The van der Waals surface area contributed by atoms with Crippen LogP contribution in [0.5, 0.6) is 0 Å². The summed E-state index contributed by atoms with van der Waals surface area (Å²) in [7, 11) is 1.33. The summed E-state index contributed by atoms with van der Waals surface area (Å²) < 4.78 is 16.6. The molecule has 0 bridgehead atoms. The van der Waals surface area contributed by atoms with Crippen LogP contribution < -0.4 is 0 Å². The fraction of sp³-hybridized carbons (Fsp3) is 0.500. The molecule has 0 saturated heterocycles. The normalized spacial score (nSPS) is 11.8. The summed E-state index contributed by atoms with van der Waals surface area (Å²) in [4.78, 5) is 11.7. The molecule has 0 amide bonds. The van der Waals surface area contributed by atoms with E-state index in [4.69, 9.17) is 13.6 Å². The molecule has 4 nitrogen and oxygen atoms in total. The van der Waals surface area contributed by atoms with Gasteiger partial charge in [-0.05, 0) is 30.1 Å². The topological polar surface area (TPSA) is 44.8 Å². The molecule has 0 atom stereocenters. The van der Waals surface area contributed by atoms with Gasteiger partial charge in [-0.15, -0.1) is 0 Å². The summed E-state index contributed by atoms with van der Waals surface area (Å²) in [6, 6.07) is 11.5. The maximum Gasteiger partial charge on any atom is 0.337 e. The van der Waals surface area contributed by atoms with E-state index in [0.29, 0.717) is 6.61 Å². The maximum atomic E-state index is 11.7. The number of hydrogen-bond acceptors (Lipinski definition) is 4. The summed E-state index contributed by atoms with van der Waals surface area (Å²) in [6.45, 7) is 2.55. The minimum absolute atomic E-state index is 0.315. The Hall–Kier alpha value is -1.43. The van der Waals surface area contributed by atoms with Gasteiger partial charge in [0, 0.05) is 20.3 Å². The van der Waals surface area contributed by atoms with E-state index >= 15 is 0 Å². The molecule has 1 rings (SSSR count). The quantitative estimate of drug-likeness (QED) is 0.263. The highest BCUT2D eigenvalue weighted by atomic mass is 28.4. The van der Waals surface area contributed by atoms with Crippen LogP contribution in [0.4, 0.5) is 0 Å². The van der Waals surface area contributed by atoms with E-state index in [0.717, 1.165) is 36.9 Å². The van der Waals surface area contributed by atoms with E-state index in [2.05, 4.69) is 6.92 Å². The van der Waals surface area contributed by atoms with Crippen molar-refractivity contribution < 1.29 is 18.4 Å². The van der Waals surface area contributed by atoms with E-state index in [1.165, 1.54) is 6.08 Å². The van der Waals surface area contributed by atoms with Gasteiger partial charge < -0.3 is 13.6 Å². The highest BCUT2D eigenvalue weighted by Crippen LogP contribution is 2.22. The summed E-state index contributed by atoms with van der Waals surface area (Å²) in [5, 5.41) is 0. The number of esters is 1. The lowest BCUT2D eigenvalue weighted by molar-refractivity contribution is -0.137. The second-order valence-electron chi connectivity index (χ2n) is 5.44. The molecule has 0 unspecified atom stereocenters. The summed E-state index contributed by atoms with van der Waals surface area (Å²) in [5.41, 5.74) is 0.981.